The maximum atomic E-state index is 5.81. The van der Waals surface area contributed by atoms with Crippen molar-refractivity contribution in [2.24, 2.45) is 0 Å². The van der Waals surface area contributed by atoms with Crippen LogP contribution in [0.1, 0.15) is 13.8 Å². The molecule has 1 heterocycles. The standard InChI is InChI=1S/C15H25NOSi/c1-13-10-16(11-14(2)17-13)12-18(3,4)15-8-6-5-7-9-15/h5-9,13-14H,10-12H2,1-4H3. The lowest BCUT2D eigenvalue weighted by atomic mass is 10.2. The lowest BCUT2D eigenvalue weighted by molar-refractivity contribution is -0.0632. The van der Waals surface area contributed by atoms with E-state index in [9.17, 15) is 0 Å². The first kappa shape index (κ1) is 13.8. The van der Waals surface area contributed by atoms with Crippen molar-refractivity contribution in [1.82, 2.24) is 4.90 Å². The van der Waals surface area contributed by atoms with Crippen LogP contribution in [0, 0.1) is 0 Å². The molecule has 0 saturated carbocycles. The van der Waals surface area contributed by atoms with E-state index in [1.807, 2.05) is 0 Å². The molecule has 0 aliphatic carbocycles. The van der Waals surface area contributed by atoms with Gasteiger partial charge in [0, 0.05) is 13.1 Å². The Balaban J connectivity index is 2.04. The molecule has 2 unspecified atom stereocenters. The highest BCUT2D eigenvalue weighted by Gasteiger charge is 2.30. The average Bonchev–Trinajstić information content (AvgIpc) is 2.28. The smallest absolute Gasteiger partial charge is 0.0948 e. The summed E-state index contributed by atoms with van der Waals surface area (Å²) in [5.74, 6) is 0. The number of nitrogens with zero attached hydrogens (tertiary/aromatic N) is 1. The Morgan fingerprint density at radius 3 is 2.22 bits per heavy atom. The summed E-state index contributed by atoms with van der Waals surface area (Å²) in [5.41, 5.74) is 0. The number of ether oxygens (including phenoxy) is 1. The molecule has 0 radical (unpaired) electrons. The van der Waals surface area contributed by atoms with Crippen LogP contribution in [-0.2, 0) is 4.74 Å². The molecule has 1 aromatic carbocycles. The average molecular weight is 263 g/mol. The minimum Gasteiger partial charge on any atom is -0.373 e. The summed E-state index contributed by atoms with van der Waals surface area (Å²) < 4.78 is 5.81. The van der Waals surface area contributed by atoms with Gasteiger partial charge in [-0.05, 0) is 20.0 Å². The van der Waals surface area contributed by atoms with Crippen LogP contribution in [-0.4, -0.2) is 44.4 Å². The molecule has 1 saturated heterocycles. The van der Waals surface area contributed by atoms with E-state index in [1.165, 1.54) is 6.17 Å². The first-order valence-electron chi connectivity index (χ1n) is 6.91. The SMILES string of the molecule is CC1CN(C[Si](C)(C)c2ccccc2)CC(C)O1. The molecule has 1 aliphatic rings. The van der Waals surface area contributed by atoms with Crippen LogP contribution >= 0.6 is 0 Å². The van der Waals surface area contributed by atoms with Gasteiger partial charge in [-0.15, -0.1) is 0 Å². The molecule has 0 bridgehead atoms. The summed E-state index contributed by atoms with van der Waals surface area (Å²) in [6.07, 6.45) is 1.97. The second-order valence-electron chi connectivity index (χ2n) is 6.20. The zero-order chi connectivity index (χ0) is 13.2. The molecular formula is C15H25NOSi. The van der Waals surface area contributed by atoms with Crippen molar-refractivity contribution in [2.75, 3.05) is 19.3 Å². The zero-order valence-electron chi connectivity index (χ0n) is 12.0. The summed E-state index contributed by atoms with van der Waals surface area (Å²) in [6.45, 7) is 11.4. The van der Waals surface area contributed by atoms with Crippen LogP contribution < -0.4 is 5.19 Å². The third-order valence-electron chi connectivity index (χ3n) is 3.67. The van der Waals surface area contributed by atoms with Gasteiger partial charge in [0.05, 0.1) is 20.3 Å². The Bertz CT molecular complexity index is 369. The molecule has 100 valence electrons. The highest BCUT2D eigenvalue weighted by Crippen LogP contribution is 2.14. The number of rotatable bonds is 3. The van der Waals surface area contributed by atoms with Crippen molar-refractivity contribution in [1.29, 1.82) is 0 Å². The van der Waals surface area contributed by atoms with Gasteiger partial charge in [0.1, 0.15) is 0 Å². The second kappa shape index (κ2) is 5.55. The van der Waals surface area contributed by atoms with E-state index in [-0.39, 0.29) is 0 Å². The number of hydrogen-bond donors (Lipinski definition) is 0. The van der Waals surface area contributed by atoms with E-state index < -0.39 is 8.07 Å². The van der Waals surface area contributed by atoms with Gasteiger partial charge in [0.2, 0.25) is 0 Å². The largest absolute Gasteiger partial charge is 0.373 e. The number of benzene rings is 1. The summed E-state index contributed by atoms with van der Waals surface area (Å²) in [6, 6.07) is 11.0. The predicted molar refractivity (Wildman–Crippen MR) is 80.0 cm³/mol. The van der Waals surface area contributed by atoms with E-state index in [0.717, 1.165) is 13.1 Å². The fourth-order valence-corrected chi connectivity index (χ4v) is 5.61. The Hall–Kier alpha value is -0.643. The van der Waals surface area contributed by atoms with E-state index in [0.29, 0.717) is 12.2 Å². The number of hydrogen-bond acceptors (Lipinski definition) is 2. The molecule has 1 aliphatic heterocycles. The fraction of sp³-hybridized carbons (Fsp3) is 0.600. The third-order valence-corrected chi connectivity index (χ3v) is 6.80. The van der Waals surface area contributed by atoms with Crippen LogP contribution in [0.25, 0.3) is 0 Å². The van der Waals surface area contributed by atoms with E-state index in [2.05, 4.69) is 62.2 Å². The summed E-state index contributed by atoms with van der Waals surface area (Å²) in [5, 5.41) is 1.55. The summed E-state index contributed by atoms with van der Waals surface area (Å²) >= 11 is 0. The molecule has 18 heavy (non-hydrogen) atoms. The number of morpholine rings is 1. The lowest BCUT2D eigenvalue weighted by Gasteiger charge is -2.39. The Labute approximate surface area is 112 Å². The normalized spacial score (nSPS) is 26.2. The highest BCUT2D eigenvalue weighted by atomic mass is 28.3. The second-order valence-corrected chi connectivity index (χ2v) is 10.9. The van der Waals surface area contributed by atoms with Gasteiger partial charge in [-0.2, -0.15) is 0 Å². The molecule has 0 N–H and O–H groups in total. The topological polar surface area (TPSA) is 12.5 Å². The minimum atomic E-state index is -1.36. The van der Waals surface area contributed by atoms with E-state index in [4.69, 9.17) is 4.74 Å². The minimum absolute atomic E-state index is 0.370. The van der Waals surface area contributed by atoms with Crippen LogP contribution in [0.2, 0.25) is 13.1 Å². The Morgan fingerprint density at radius 1 is 1.11 bits per heavy atom. The van der Waals surface area contributed by atoms with E-state index in [1.54, 1.807) is 5.19 Å². The molecule has 2 nitrogen and oxygen atoms in total. The maximum Gasteiger partial charge on any atom is 0.0948 e. The van der Waals surface area contributed by atoms with Crippen LogP contribution in [0.15, 0.2) is 30.3 Å². The molecule has 0 amide bonds. The summed E-state index contributed by atoms with van der Waals surface area (Å²) in [7, 11) is -1.36. The van der Waals surface area contributed by atoms with Gasteiger partial charge in [0.25, 0.3) is 0 Å². The molecular weight excluding hydrogens is 238 g/mol. The van der Waals surface area contributed by atoms with Gasteiger partial charge in [-0.25, -0.2) is 0 Å². The third kappa shape index (κ3) is 3.43. The Kier molecular flexibility index (Phi) is 4.25. The van der Waals surface area contributed by atoms with Crippen molar-refractivity contribution in [3.8, 4) is 0 Å². The zero-order valence-corrected chi connectivity index (χ0v) is 13.0. The molecule has 1 aromatic rings. The van der Waals surface area contributed by atoms with E-state index >= 15 is 0 Å². The summed E-state index contributed by atoms with van der Waals surface area (Å²) in [4.78, 5) is 2.60. The first-order valence-corrected chi connectivity index (χ1v) is 10.1. The molecule has 2 rings (SSSR count). The molecule has 1 fully saturated rings. The van der Waals surface area contributed by atoms with Gasteiger partial charge in [0.15, 0.2) is 0 Å². The van der Waals surface area contributed by atoms with Crippen molar-refractivity contribution in [3.05, 3.63) is 30.3 Å². The van der Waals surface area contributed by atoms with Crippen molar-refractivity contribution in [2.45, 2.75) is 39.1 Å². The predicted octanol–water partition coefficient (Wildman–Crippen LogP) is 2.25. The van der Waals surface area contributed by atoms with Gasteiger partial charge < -0.3 is 9.64 Å². The quantitative estimate of drug-likeness (QED) is 0.776. The van der Waals surface area contributed by atoms with Crippen LogP contribution in [0.3, 0.4) is 0 Å². The molecule has 3 heteroatoms. The molecule has 2 atom stereocenters. The van der Waals surface area contributed by atoms with Crippen LogP contribution in [0.4, 0.5) is 0 Å². The Morgan fingerprint density at radius 2 is 1.67 bits per heavy atom. The van der Waals surface area contributed by atoms with Crippen molar-refractivity contribution < 1.29 is 4.74 Å². The van der Waals surface area contributed by atoms with Gasteiger partial charge >= 0.3 is 0 Å². The van der Waals surface area contributed by atoms with Crippen molar-refractivity contribution >= 4 is 13.3 Å². The van der Waals surface area contributed by atoms with Gasteiger partial charge in [-0.3, -0.25) is 0 Å². The van der Waals surface area contributed by atoms with Crippen LogP contribution in [0.5, 0.6) is 0 Å². The highest BCUT2D eigenvalue weighted by molar-refractivity contribution is 6.89. The van der Waals surface area contributed by atoms with Crippen molar-refractivity contribution in [3.63, 3.8) is 0 Å². The first-order chi connectivity index (χ1) is 8.47. The van der Waals surface area contributed by atoms with Gasteiger partial charge in [-0.1, -0.05) is 48.6 Å². The monoisotopic (exact) mass is 263 g/mol. The fourth-order valence-electron chi connectivity index (χ4n) is 2.95. The molecule has 0 aromatic heterocycles. The lowest BCUT2D eigenvalue weighted by Crippen LogP contribution is -2.56. The maximum absolute atomic E-state index is 5.81. The molecule has 0 spiro atoms.